The summed E-state index contributed by atoms with van der Waals surface area (Å²) in [6, 6.07) is 4.60. The van der Waals surface area contributed by atoms with Crippen molar-refractivity contribution >= 4 is 15.7 Å². The van der Waals surface area contributed by atoms with Gasteiger partial charge in [0.05, 0.1) is 17.1 Å². The number of rotatable bonds is 3. The molecule has 132 valence electrons. The monoisotopic (exact) mass is 361 g/mol. The van der Waals surface area contributed by atoms with Crippen LogP contribution in [-0.2, 0) is 20.8 Å². The van der Waals surface area contributed by atoms with E-state index < -0.39 is 21.6 Å². The van der Waals surface area contributed by atoms with Crippen LogP contribution in [0, 0.1) is 5.92 Å². The molecule has 2 fully saturated rings. The molecule has 2 aliphatic rings. The highest BCUT2D eigenvalue weighted by Gasteiger charge is 2.47. The second kappa shape index (κ2) is 5.75. The molecule has 1 aromatic rings. The van der Waals surface area contributed by atoms with Gasteiger partial charge in [0.2, 0.25) is 5.91 Å². The maximum absolute atomic E-state index is 12.6. The minimum Gasteiger partial charge on any atom is -0.341 e. The molecule has 0 aromatic heterocycles. The van der Waals surface area contributed by atoms with Crippen LogP contribution in [0.5, 0.6) is 0 Å². The number of benzene rings is 1. The molecule has 8 heteroatoms. The lowest BCUT2D eigenvalue weighted by Gasteiger charge is -2.23. The lowest BCUT2D eigenvalue weighted by Crippen LogP contribution is -2.39. The molecule has 1 aliphatic heterocycles. The minimum absolute atomic E-state index is 0.00704. The molecule has 3 atom stereocenters. The van der Waals surface area contributed by atoms with E-state index >= 15 is 0 Å². The zero-order valence-electron chi connectivity index (χ0n) is 13.1. The van der Waals surface area contributed by atoms with E-state index in [2.05, 4.69) is 0 Å². The second-order valence-electron chi connectivity index (χ2n) is 6.57. The van der Waals surface area contributed by atoms with Gasteiger partial charge in [0.15, 0.2) is 9.84 Å². The van der Waals surface area contributed by atoms with Gasteiger partial charge in [0.1, 0.15) is 0 Å². The molecule has 3 rings (SSSR count). The number of sulfone groups is 1. The third-order valence-electron chi connectivity index (χ3n) is 4.88. The van der Waals surface area contributed by atoms with Crippen LogP contribution in [0.4, 0.5) is 13.2 Å². The topological polar surface area (TPSA) is 54.5 Å². The summed E-state index contributed by atoms with van der Waals surface area (Å²) in [7, 11) is -1.46. The van der Waals surface area contributed by atoms with Crippen LogP contribution < -0.4 is 0 Å². The third-order valence-corrected chi connectivity index (χ3v) is 6.63. The summed E-state index contributed by atoms with van der Waals surface area (Å²) in [5.74, 6) is -0.382. The van der Waals surface area contributed by atoms with E-state index in [1.165, 1.54) is 17.0 Å². The lowest BCUT2D eigenvalue weighted by molar-refractivity contribution is -0.137. The number of alkyl halides is 3. The molecule has 1 heterocycles. The first-order chi connectivity index (χ1) is 11.1. The SMILES string of the molecule is CN(C(=O)C1CC1c1ccc(C(F)(F)F)cc1)C1CCS(=O)(=O)C1. The van der Waals surface area contributed by atoms with Crippen LogP contribution in [0.15, 0.2) is 24.3 Å². The highest BCUT2D eigenvalue weighted by atomic mass is 32.2. The van der Waals surface area contributed by atoms with Crippen LogP contribution in [-0.4, -0.2) is 43.8 Å². The molecule has 0 N–H and O–H groups in total. The summed E-state index contributed by atoms with van der Waals surface area (Å²) in [4.78, 5) is 14.0. The fraction of sp³-hybridized carbons (Fsp3) is 0.562. The maximum Gasteiger partial charge on any atom is 0.416 e. The van der Waals surface area contributed by atoms with Crippen molar-refractivity contribution < 1.29 is 26.4 Å². The average molecular weight is 361 g/mol. The Morgan fingerprint density at radius 2 is 1.83 bits per heavy atom. The van der Waals surface area contributed by atoms with E-state index in [9.17, 15) is 26.4 Å². The van der Waals surface area contributed by atoms with Crippen molar-refractivity contribution in [1.29, 1.82) is 0 Å². The van der Waals surface area contributed by atoms with Crippen LogP contribution >= 0.6 is 0 Å². The molecular weight excluding hydrogens is 343 g/mol. The summed E-state index contributed by atoms with van der Waals surface area (Å²) in [5, 5.41) is 0. The van der Waals surface area contributed by atoms with Crippen LogP contribution in [0.2, 0.25) is 0 Å². The second-order valence-corrected chi connectivity index (χ2v) is 8.80. The molecule has 24 heavy (non-hydrogen) atoms. The van der Waals surface area contributed by atoms with Crippen molar-refractivity contribution in [3.05, 3.63) is 35.4 Å². The molecule has 4 nitrogen and oxygen atoms in total. The standard InChI is InChI=1S/C16H18F3NO3S/c1-20(12-6-7-24(22,23)9-12)15(21)14-8-13(14)10-2-4-11(5-3-10)16(17,18)19/h2-5,12-14H,6-9H2,1H3. The van der Waals surface area contributed by atoms with Gasteiger partial charge in [-0.1, -0.05) is 12.1 Å². The molecule has 1 aromatic carbocycles. The van der Waals surface area contributed by atoms with Crippen molar-refractivity contribution in [2.24, 2.45) is 5.92 Å². The largest absolute Gasteiger partial charge is 0.416 e. The molecular formula is C16H18F3NO3S. The van der Waals surface area contributed by atoms with Gasteiger partial charge in [0.25, 0.3) is 0 Å². The molecule has 0 radical (unpaired) electrons. The molecule has 1 aliphatic carbocycles. The van der Waals surface area contributed by atoms with Crippen molar-refractivity contribution in [3.8, 4) is 0 Å². The fourth-order valence-corrected chi connectivity index (χ4v) is 5.05. The van der Waals surface area contributed by atoms with Crippen molar-refractivity contribution in [2.45, 2.75) is 31.0 Å². The van der Waals surface area contributed by atoms with Crippen molar-refractivity contribution in [2.75, 3.05) is 18.6 Å². The van der Waals surface area contributed by atoms with Gasteiger partial charge in [-0.3, -0.25) is 4.79 Å². The minimum atomic E-state index is -4.37. The lowest BCUT2D eigenvalue weighted by atomic mass is 10.1. The summed E-state index contributed by atoms with van der Waals surface area (Å²) < 4.78 is 60.8. The Balaban J connectivity index is 1.63. The number of hydrogen-bond acceptors (Lipinski definition) is 3. The number of halogens is 3. The van der Waals surface area contributed by atoms with Gasteiger partial charge in [-0.25, -0.2) is 8.42 Å². The predicted octanol–water partition coefficient (Wildman–Crippen LogP) is 2.45. The molecule has 1 amide bonds. The normalized spacial score (nSPS) is 28.6. The van der Waals surface area contributed by atoms with Gasteiger partial charge >= 0.3 is 6.18 Å². The van der Waals surface area contributed by atoms with Crippen LogP contribution in [0.25, 0.3) is 0 Å². The highest BCUT2D eigenvalue weighted by molar-refractivity contribution is 7.91. The van der Waals surface area contributed by atoms with E-state index in [1.807, 2.05) is 0 Å². The quantitative estimate of drug-likeness (QED) is 0.831. The van der Waals surface area contributed by atoms with Crippen molar-refractivity contribution in [3.63, 3.8) is 0 Å². The van der Waals surface area contributed by atoms with Gasteiger partial charge in [-0.15, -0.1) is 0 Å². The van der Waals surface area contributed by atoms with E-state index in [0.717, 1.165) is 12.1 Å². The highest BCUT2D eigenvalue weighted by Crippen LogP contribution is 2.49. The Hall–Kier alpha value is -1.57. The van der Waals surface area contributed by atoms with E-state index in [0.29, 0.717) is 18.4 Å². The zero-order valence-corrected chi connectivity index (χ0v) is 13.9. The van der Waals surface area contributed by atoms with E-state index in [-0.39, 0.29) is 35.3 Å². The Morgan fingerprint density at radius 1 is 1.21 bits per heavy atom. The molecule has 1 saturated carbocycles. The van der Waals surface area contributed by atoms with Gasteiger partial charge in [0, 0.05) is 19.0 Å². The zero-order chi connectivity index (χ0) is 17.7. The van der Waals surface area contributed by atoms with Crippen molar-refractivity contribution in [1.82, 2.24) is 4.90 Å². The van der Waals surface area contributed by atoms with E-state index in [4.69, 9.17) is 0 Å². The first-order valence-electron chi connectivity index (χ1n) is 7.73. The fourth-order valence-electron chi connectivity index (χ4n) is 3.28. The number of hydrogen-bond donors (Lipinski definition) is 0. The molecule has 3 unspecified atom stereocenters. The average Bonchev–Trinajstić information content (AvgIpc) is 3.22. The first kappa shape index (κ1) is 17.3. The maximum atomic E-state index is 12.6. The van der Waals surface area contributed by atoms with E-state index in [1.54, 1.807) is 7.05 Å². The Bertz CT molecular complexity index is 743. The molecule has 0 bridgehead atoms. The molecule has 0 spiro atoms. The Kier molecular flexibility index (Phi) is 4.14. The first-order valence-corrected chi connectivity index (χ1v) is 9.55. The number of amides is 1. The third kappa shape index (κ3) is 3.43. The summed E-state index contributed by atoms with van der Waals surface area (Å²) >= 11 is 0. The van der Waals surface area contributed by atoms with Gasteiger partial charge < -0.3 is 4.90 Å². The summed E-state index contributed by atoms with van der Waals surface area (Å²) in [5.41, 5.74) is 0.0110. The summed E-state index contributed by atoms with van der Waals surface area (Å²) in [6.07, 6.45) is -3.33. The van der Waals surface area contributed by atoms with Gasteiger partial charge in [-0.2, -0.15) is 13.2 Å². The Morgan fingerprint density at radius 3 is 2.33 bits per heavy atom. The summed E-state index contributed by atoms with van der Waals surface area (Å²) in [6.45, 7) is 0. The Labute approximate surface area is 138 Å². The van der Waals surface area contributed by atoms with Gasteiger partial charge in [-0.05, 0) is 36.5 Å². The number of carbonyl (C=O) groups excluding carboxylic acids is 1. The molecule has 1 saturated heterocycles. The van der Waals surface area contributed by atoms with Crippen LogP contribution in [0.3, 0.4) is 0 Å². The number of nitrogens with zero attached hydrogens (tertiary/aromatic N) is 1. The van der Waals surface area contributed by atoms with Crippen LogP contribution in [0.1, 0.15) is 29.9 Å². The predicted molar refractivity (Wildman–Crippen MR) is 82.1 cm³/mol. The number of carbonyl (C=O) groups is 1. The smallest absolute Gasteiger partial charge is 0.341 e.